The van der Waals surface area contributed by atoms with Crippen LogP contribution < -0.4 is 0 Å². The molecule has 1 fully saturated rings. The van der Waals surface area contributed by atoms with Crippen molar-refractivity contribution >= 4 is 11.8 Å². The van der Waals surface area contributed by atoms with Gasteiger partial charge in [-0.15, -0.1) is 0 Å². The predicted octanol–water partition coefficient (Wildman–Crippen LogP) is 4.17. The van der Waals surface area contributed by atoms with Crippen molar-refractivity contribution in [2.45, 2.75) is 60.0 Å². The quantitative estimate of drug-likeness (QED) is 0.822. The molecule has 4 nitrogen and oxygen atoms in total. The van der Waals surface area contributed by atoms with Gasteiger partial charge in [-0.3, -0.25) is 9.59 Å². The van der Waals surface area contributed by atoms with Crippen LogP contribution >= 0.6 is 0 Å². The first kappa shape index (κ1) is 19.5. The smallest absolute Gasteiger partial charge is 0.255 e. The van der Waals surface area contributed by atoms with Crippen LogP contribution in [0.4, 0.5) is 0 Å². The van der Waals surface area contributed by atoms with Crippen molar-refractivity contribution in [3.05, 3.63) is 35.9 Å². The molecule has 2 rings (SSSR count). The number of benzene rings is 1. The molecule has 4 heteroatoms. The third-order valence-corrected chi connectivity index (χ3v) is 5.16. The highest BCUT2D eigenvalue weighted by Crippen LogP contribution is 2.39. The lowest BCUT2D eigenvalue weighted by atomic mass is 9.77. The summed E-state index contributed by atoms with van der Waals surface area (Å²) in [6.07, 6.45) is 2.59. The Labute approximate surface area is 152 Å². The molecule has 0 bridgehead atoms. The second-order valence-electron chi connectivity index (χ2n) is 8.62. The maximum absolute atomic E-state index is 13.3. The Hall–Kier alpha value is -1.84. The Morgan fingerprint density at radius 3 is 2.36 bits per heavy atom. The lowest BCUT2D eigenvalue weighted by Gasteiger charge is -2.54. The van der Waals surface area contributed by atoms with Gasteiger partial charge in [0.05, 0.1) is 5.41 Å². The van der Waals surface area contributed by atoms with Crippen LogP contribution in [0.2, 0.25) is 0 Å². The summed E-state index contributed by atoms with van der Waals surface area (Å²) in [7, 11) is 1.84. The summed E-state index contributed by atoms with van der Waals surface area (Å²) in [5, 5.41) is 0. The average molecular weight is 344 g/mol. The van der Waals surface area contributed by atoms with Gasteiger partial charge in [0.2, 0.25) is 5.91 Å². The molecule has 0 radical (unpaired) electrons. The topological polar surface area (TPSA) is 40.6 Å². The highest BCUT2D eigenvalue weighted by atomic mass is 16.2. The van der Waals surface area contributed by atoms with E-state index in [2.05, 4.69) is 27.7 Å². The number of carbonyl (C=O) groups excluding carboxylic acids is 2. The largest absolute Gasteiger partial charge is 0.324 e. The Bertz CT molecular complexity index is 621. The summed E-state index contributed by atoms with van der Waals surface area (Å²) in [4.78, 5) is 30.1. The Balaban J connectivity index is 2.43. The van der Waals surface area contributed by atoms with Crippen molar-refractivity contribution < 1.29 is 9.59 Å². The summed E-state index contributed by atoms with van der Waals surface area (Å²) in [5.74, 6) is 0.153. The van der Waals surface area contributed by atoms with Gasteiger partial charge in [-0.05, 0) is 25.5 Å². The molecule has 2 atom stereocenters. The monoisotopic (exact) mass is 344 g/mol. The molecule has 2 amide bonds. The molecule has 0 saturated carbocycles. The van der Waals surface area contributed by atoms with Gasteiger partial charge in [-0.1, -0.05) is 58.7 Å². The zero-order valence-electron chi connectivity index (χ0n) is 16.5. The average Bonchev–Trinajstić information content (AvgIpc) is 2.56. The minimum Gasteiger partial charge on any atom is -0.324 e. The number of unbranched alkanes of at least 4 members (excludes halogenated alkanes) is 1. The zero-order chi connectivity index (χ0) is 18.8. The lowest BCUT2D eigenvalue weighted by Crippen LogP contribution is -2.67. The van der Waals surface area contributed by atoms with E-state index in [1.54, 1.807) is 4.90 Å². The lowest BCUT2D eigenvalue weighted by molar-refractivity contribution is -0.162. The van der Waals surface area contributed by atoms with Gasteiger partial charge in [0.1, 0.15) is 6.17 Å². The molecule has 1 heterocycles. The second-order valence-corrected chi connectivity index (χ2v) is 8.62. The van der Waals surface area contributed by atoms with Crippen LogP contribution in [0.25, 0.3) is 0 Å². The summed E-state index contributed by atoms with van der Waals surface area (Å²) in [6.45, 7) is 10.9. The summed E-state index contributed by atoms with van der Waals surface area (Å²) in [6, 6.07) is 9.38. The van der Waals surface area contributed by atoms with Crippen LogP contribution in [0, 0.1) is 10.8 Å². The zero-order valence-corrected chi connectivity index (χ0v) is 16.5. The van der Waals surface area contributed by atoms with Crippen molar-refractivity contribution in [1.82, 2.24) is 9.80 Å². The van der Waals surface area contributed by atoms with Crippen molar-refractivity contribution in [2.75, 3.05) is 13.6 Å². The fourth-order valence-corrected chi connectivity index (χ4v) is 4.01. The van der Waals surface area contributed by atoms with Gasteiger partial charge in [-0.2, -0.15) is 0 Å². The number of hydrogen-bond donors (Lipinski definition) is 0. The first-order chi connectivity index (χ1) is 11.6. The van der Waals surface area contributed by atoms with Crippen LogP contribution in [0.3, 0.4) is 0 Å². The van der Waals surface area contributed by atoms with E-state index < -0.39 is 5.41 Å². The molecule has 25 heavy (non-hydrogen) atoms. The van der Waals surface area contributed by atoms with Crippen molar-refractivity contribution in [3.63, 3.8) is 0 Å². The summed E-state index contributed by atoms with van der Waals surface area (Å²) in [5.41, 5.74) is -0.0601. The van der Waals surface area contributed by atoms with Crippen LogP contribution in [-0.2, 0) is 4.79 Å². The third-order valence-electron chi connectivity index (χ3n) is 5.16. The van der Waals surface area contributed by atoms with E-state index in [0.29, 0.717) is 12.1 Å². The Morgan fingerprint density at radius 1 is 1.24 bits per heavy atom. The minimum absolute atomic E-state index is 0.00241. The number of rotatable bonds is 4. The van der Waals surface area contributed by atoms with E-state index >= 15 is 0 Å². The molecule has 0 aromatic heterocycles. The van der Waals surface area contributed by atoms with E-state index in [4.69, 9.17) is 0 Å². The molecule has 138 valence electrons. The first-order valence-corrected chi connectivity index (χ1v) is 9.25. The van der Waals surface area contributed by atoms with Gasteiger partial charge < -0.3 is 9.80 Å². The first-order valence-electron chi connectivity index (χ1n) is 9.25. The van der Waals surface area contributed by atoms with E-state index in [9.17, 15) is 9.59 Å². The molecule has 0 N–H and O–H groups in total. The standard InChI is InChI=1S/C21H32N2O2/c1-7-8-14-21(5)15-23(17(24)16-12-10-9-11-13-16)18(20(2,3)4)22(6)19(21)25/h9-13,18H,7-8,14-15H2,1-6H3/t18-,21+/m0/s1. The summed E-state index contributed by atoms with van der Waals surface area (Å²) < 4.78 is 0. The molecular formula is C21H32N2O2. The molecule has 1 aromatic rings. The van der Waals surface area contributed by atoms with Gasteiger partial charge in [0.15, 0.2) is 0 Å². The van der Waals surface area contributed by atoms with Gasteiger partial charge >= 0.3 is 0 Å². The van der Waals surface area contributed by atoms with Crippen molar-refractivity contribution in [3.8, 4) is 0 Å². The SMILES string of the molecule is CCCC[C@]1(C)CN(C(=O)c2ccccc2)[C@@H](C(C)(C)C)N(C)C1=O. The van der Waals surface area contributed by atoms with Crippen LogP contribution in [0.1, 0.15) is 64.2 Å². The molecule has 0 unspecified atom stereocenters. The number of amides is 2. The number of carbonyl (C=O) groups is 2. The fraction of sp³-hybridized carbons (Fsp3) is 0.619. The predicted molar refractivity (Wildman–Crippen MR) is 101 cm³/mol. The van der Waals surface area contributed by atoms with Crippen molar-refractivity contribution in [2.24, 2.45) is 10.8 Å². The maximum atomic E-state index is 13.3. The number of nitrogens with zero attached hydrogens (tertiary/aromatic N) is 2. The molecule has 1 aliphatic heterocycles. The maximum Gasteiger partial charge on any atom is 0.255 e. The van der Waals surface area contributed by atoms with Gasteiger partial charge in [-0.25, -0.2) is 0 Å². The Morgan fingerprint density at radius 2 is 1.84 bits per heavy atom. The molecule has 1 aliphatic rings. The normalized spacial score (nSPS) is 24.6. The van der Waals surface area contributed by atoms with Crippen LogP contribution in [0.15, 0.2) is 30.3 Å². The highest BCUT2D eigenvalue weighted by Gasteiger charge is 2.50. The highest BCUT2D eigenvalue weighted by molar-refractivity contribution is 5.96. The van der Waals surface area contributed by atoms with E-state index in [1.165, 1.54) is 0 Å². The van der Waals surface area contributed by atoms with Crippen molar-refractivity contribution in [1.29, 1.82) is 0 Å². The van der Waals surface area contributed by atoms with Gasteiger partial charge in [0.25, 0.3) is 5.91 Å². The molecule has 1 saturated heterocycles. The van der Waals surface area contributed by atoms with E-state index in [-0.39, 0.29) is 23.4 Å². The van der Waals surface area contributed by atoms with E-state index in [1.807, 2.05) is 49.2 Å². The third kappa shape index (κ3) is 3.88. The number of hydrogen-bond acceptors (Lipinski definition) is 2. The molecular weight excluding hydrogens is 312 g/mol. The molecule has 1 aromatic carbocycles. The molecule has 0 spiro atoms. The minimum atomic E-state index is -0.517. The van der Waals surface area contributed by atoms with Crippen LogP contribution in [-0.4, -0.2) is 41.4 Å². The molecule has 0 aliphatic carbocycles. The van der Waals surface area contributed by atoms with Gasteiger partial charge in [0, 0.05) is 24.6 Å². The van der Waals surface area contributed by atoms with E-state index in [0.717, 1.165) is 19.3 Å². The fourth-order valence-electron chi connectivity index (χ4n) is 4.01. The van der Waals surface area contributed by atoms with Crippen LogP contribution in [0.5, 0.6) is 0 Å². The summed E-state index contributed by atoms with van der Waals surface area (Å²) >= 11 is 0. The Kier molecular flexibility index (Phi) is 5.60. The second kappa shape index (κ2) is 7.19.